The third-order valence-corrected chi connectivity index (χ3v) is 6.98. The van der Waals surface area contributed by atoms with Crippen molar-refractivity contribution in [3.8, 4) is 5.69 Å². The number of nitrogens with zero attached hydrogens (tertiary/aromatic N) is 4. The van der Waals surface area contributed by atoms with Crippen LogP contribution in [0.3, 0.4) is 0 Å². The maximum Gasteiger partial charge on any atom is 0.416 e. The van der Waals surface area contributed by atoms with Gasteiger partial charge in [0.15, 0.2) is 10.8 Å². The van der Waals surface area contributed by atoms with Crippen LogP contribution in [0.2, 0.25) is 5.02 Å². The highest BCUT2D eigenvalue weighted by Gasteiger charge is 2.31. The SMILES string of the molecule is Cc1ccc(C)c(-n2nnc(C(=O)Nc3nc(C)c(Cc4cc(C(F)(F)F)ccc4Cl)s3)c2C)c1. The van der Waals surface area contributed by atoms with Gasteiger partial charge in [-0.3, -0.25) is 10.1 Å². The molecule has 0 radical (unpaired) electrons. The molecule has 0 unspecified atom stereocenters. The third-order valence-electron chi connectivity index (χ3n) is 5.54. The average molecular weight is 520 g/mol. The minimum Gasteiger partial charge on any atom is -0.296 e. The third kappa shape index (κ3) is 5.23. The zero-order valence-electron chi connectivity index (χ0n) is 19.3. The van der Waals surface area contributed by atoms with E-state index in [-0.39, 0.29) is 17.1 Å². The first-order valence-electron chi connectivity index (χ1n) is 10.6. The minimum absolute atomic E-state index is 0.154. The van der Waals surface area contributed by atoms with Crippen LogP contribution in [0.25, 0.3) is 5.69 Å². The first-order valence-corrected chi connectivity index (χ1v) is 11.8. The van der Waals surface area contributed by atoms with Gasteiger partial charge in [-0.15, -0.1) is 16.4 Å². The van der Waals surface area contributed by atoms with Crippen LogP contribution in [0.15, 0.2) is 36.4 Å². The monoisotopic (exact) mass is 519 g/mol. The largest absolute Gasteiger partial charge is 0.416 e. The van der Waals surface area contributed by atoms with Crippen molar-refractivity contribution in [1.29, 1.82) is 0 Å². The Hall–Kier alpha value is -3.24. The first-order chi connectivity index (χ1) is 16.4. The molecular weight excluding hydrogens is 499 g/mol. The molecule has 0 aliphatic rings. The highest BCUT2D eigenvalue weighted by molar-refractivity contribution is 7.15. The lowest BCUT2D eigenvalue weighted by Crippen LogP contribution is -2.14. The Morgan fingerprint density at radius 1 is 1.11 bits per heavy atom. The molecule has 182 valence electrons. The van der Waals surface area contributed by atoms with E-state index < -0.39 is 17.6 Å². The molecule has 0 fully saturated rings. The number of alkyl halides is 3. The normalized spacial score (nSPS) is 11.7. The van der Waals surface area contributed by atoms with E-state index >= 15 is 0 Å². The van der Waals surface area contributed by atoms with Crippen molar-refractivity contribution in [2.24, 2.45) is 0 Å². The number of carbonyl (C=O) groups is 1. The van der Waals surface area contributed by atoms with Gasteiger partial charge in [-0.05, 0) is 68.7 Å². The van der Waals surface area contributed by atoms with E-state index in [1.54, 1.807) is 18.5 Å². The topological polar surface area (TPSA) is 72.7 Å². The number of hydrogen-bond acceptors (Lipinski definition) is 5. The van der Waals surface area contributed by atoms with Crippen LogP contribution in [0.4, 0.5) is 18.3 Å². The van der Waals surface area contributed by atoms with Crippen molar-refractivity contribution in [3.05, 3.63) is 85.6 Å². The molecule has 6 nitrogen and oxygen atoms in total. The highest BCUT2D eigenvalue weighted by Crippen LogP contribution is 2.34. The zero-order chi connectivity index (χ0) is 25.5. The smallest absolute Gasteiger partial charge is 0.296 e. The van der Waals surface area contributed by atoms with Gasteiger partial charge in [-0.1, -0.05) is 28.9 Å². The van der Waals surface area contributed by atoms with Gasteiger partial charge in [0, 0.05) is 16.3 Å². The Morgan fingerprint density at radius 2 is 1.86 bits per heavy atom. The second-order valence-corrected chi connectivity index (χ2v) is 9.68. The van der Waals surface area contributed by atoms with Crippen molar-refractivity contribution >= 4 is 34.0 Å². The number of anilines is 1. The Balaban J connectivity index is 1.55. The summed E-state index contributed by atoms with van der Waals surface area (Å²) in [6.07, 6.45) is -4.31. The molecule has 0 spiro atoms. The second kappa shape index (κ2) is 9.43. The van der Waals surface area contributed by atoms with Crippen molar-refractivity contribution in [2.75, 3.05) is 5.32 Å². The number of aromatic nitrogens is 4. The summed E-state index contributed by atoms with van der Waals surface area (Å²) in [4.78, 5) is 18.0. The summed E-state index contributed by atoms with van der Waals surface area (Å²) in [6.45, 7) is 7.40. The second-order valence-electron chi connectivity index (χ2n) is 8.19. The van der Waals surface area contributed by atoms with Crippen LogP contribution in [0, 0.1) is 27.7 Å². The van der Waals surface area contributed by atoms with E-state index in [1.165, 1.54) is 17.4 Å². The number of halogens is 4. The van der Waals surface area contributed by atoms with Crippen molar-refractivity contribution in [1.82, 2.24) is 20.0 Å². The number of aryl methyl sites for hydroxylation is 3. The van der Waals surface area contributed by atoms with Crippen LogP contribution in [-0.2, 0) is 12.6 Å². The lowest BCUT2D eigenvalue weighted by Gasteiger charge is -2.10. The van der Waals surface area contributed by atoms with Gasteiger partial charge in [0.1, 0.15) is 0 Å². The van der Waals surface area contributed by atoms with Crippen LogP contribution < -0.4 is 5.32 Å². The van der Waals surface area contributed by atoms with Gasteiger partial charge in [0.05, 0.1) is 22.6 Å². The van der Waals surface area contributed by atoms with E-state index in [9.17, 15) is 18.0 Å². The van der Waals surface area contributed by atoms with Crippen molar-refractivity contribution in [3.63, 3.8) is 0 Å². The van der Waals surface area contributed by atoms with Gasteiger partial charge in [-0.2, -0.15) is 13.2 Å². The Bertz CT molecular complexity index is 1430. The van der Waals surface area contributed by atoms with E-state index in [0.29, 0.717) is 27.0 Å². The van der Waals surface area contributed by atoms with Crippen LogP contribution >= 0.6 is 22.9 Å². The number of benzene rings is 2. The summed E-state index contributed by atoms with van der Waals surface area (Å²) >= 11 is 7.32. The van der Waals surface area contributed by atoms with E-state index in [1.807, 2.05) is 32.0 Å². The fourth-order valence-electron chi connectivity index (χ4n) is 3.58. The molecule has 35 heavy (non-hydrogen) atoms. The molecule has 0 aliphatic carbocycles. The predicted octanol–water partition coefficient (Wildman–Crippen LogP) is 6.47. The fourth-order valence-corrected chi connectivity index (χ4v) is 4.74. The van der Waals surface area contributed by atoms with Gasteiger partial charge in [-0.25, -0.2) is 9.67 Å². The number of thiazole rings is 1. The van der Waals surface area contributed by atoms with E-state index in [0.717, 1.165) is 28.9 Å². The van der Waals surface area contributed by atoms with Gasteiger partial charge < -0.3 is 0 Å². The Labute approximate surface area is 208 Å². The number of carbonyl (C=O) groups excluding carboxylic acids is 1. The summed E-state index contributed by atoms with van der Waals surface area (Å²) in [6, 6.07) is 9.16. The lowest BCUT2D eigenvalue weighted by molar-refractivity contribution is -0.137. The van der Waals surface area contributed by atoms with Crippen LogP contribution in [-0.4, -0.2) is 25.9 Å². The summed E-state index contributed by atoms with van der Waals surface area (Å²) in [5.74, 6) is -0.476. The predicted molar refractivity (Wildman–Crippen MR) is 130 cm³/mol. The Morgan fingerprint density at radius 3 is 2.57 bits per heavy atom. The highest BCUT2D eigenvalue weighted by atomic mass is 35.5. The average Bonchev–Trinajstić information content (AvgIpc) is 3.32. The number of hydrogen-bond donors (Lipinski definition) is 1. The van der Waals surface area contributed by atoms with Gasteiger partial charge in [0.25, 0.3) is 5.91 Å². The molecule has 1 amide bonds. The van der Waals surface area contributed by atoms with E-state index in [4.69, 9.17) is 11.6 Å². The summed E-state index contributed by atoms with van der Waals surface area (Å²) < 4.78 is 40.9. The standard InChI is InChI=1S/C24H21ClF3N5OS/c1-12-5-6-13(2)19(9-12)33-15(4)21(31-32-33)22(34)30-23-29-14(3)20(35-23)11-16-10-17(24(26,27)28)7-8-18(16)25/h5-10H,11H2,1-4H3,(H,29,30,34). The lowest BCUT2D eigenvalue weighted by atomic mass is 10.1. The molecule has 4 aromatic rings. The molecule has 1 N–H and O–H groups in total. The quantitative estimate of drug-likeness (QED) is 0.328. The number of amides is 1. The molecule has 0 saturated heterocycles. The van der Waals surface area contributed by atoms with Gasteiger partial charge in [0.2, 0.25) is 0 Å². The minimum atomic E-state index is -4.46. The van der Waals surface area contributed by atoms with Crippen LogP contribution in [0.1, 0.15) is 49.0 Å². The molecular formula is C24H21ClF3N5OS. The van der Waals surface area contributed by atoms with Gasteiger partial charge >= 0.3 is 6.18 Å². The molecule has 11 heteroatoms. The van der Waals surface area contributed by atoms with Crippen molar-refractivity contribution in [2.45, 2.75) is 40.3 Å². The fraction of sp³-hybridized carbons (Fsp3) is 0.250. The van der Waals surface area contributed by atoms with E-state index in [2.05, 4.69) is 20.6 Å². The molecule has 4 rings (SSSR count). The van der Waals surface area contributed by atoms with Crippen molar-refractivity contribution < 1.29 is 18.0 Å². The molecule has 2 heterocycles. The maximum atomic E-state index is 13.1. The number of nitrogens with one attached hydrogen (secondary N) is 1. The molecule has 0 atom stereocenters. The molecule has 0 bridgehead atoms. The Kier molecular flexibility index (Phi) is 6.70. The molecule has 2 aromatic carbocycles. The summed E-state index contributed by atoms with van der Waals surface area (Å²) in [5.41, 5.74) is 3.76. The molecule has 0 aliphatic heterocycles. The molecule has 2 aromatic heterocycles. The summed E-state index contributed by atoms with van der Waals surface area (Å²) in [7, 11) is 0. The number of rotatable bonds is 5. The zero-order valence-corrected chi connectivity index (χ0v) is 20.9. The first kappa shape index (κ1) is 24.9. The van der Waals surface area contributed by atoms with Crippen LogP contribution in [0.5, 0.6) is 0 Å². The maximum absolute atomic E-state index is 13.1. The summed E-state index contributed by atoms with van der Waals surface area (Å²) in [5, 5.41) is 11.5. The molecule has 0 saturated carbocycles.